The first kappa shape index (κ1) is 20.2. The second-order valence-corrected chi connectivity index (χ2v) is 7.16. The van der Waals surface area contributed by atoms with Crippen LogP contribution in [0.4, 0.5) is 0 Å². The first-order valence-corrected chi connectivity index (χ1v) is 9.69. The normalized spacial score (nSPS) is 11.2. The molecule has 4 heteroatoms. The number of hydrogen-bond donors (Lipinski definition) is 1. The highest BCUT2D eigenvalue weighted by atomic mass is 16.1. The number of carbonyl (C=O) groups is 1. The van der Waals surface area contributed by atoms with Gasteiger partial charge in [0, 0.05) is 23.6 Å². The lowest BCUT2D eigenvalue weighted by Gasteiger charge is -2.10. The molecule has 0 fully saturated rings. The van der Waals surface area contributed by atoms with Crippen molar-refractivity contribution in [1.82, 2.24) is 9.88 Å². The molecule has 3 aromatic rings. The SMILES string of the molecule is Cc1ccc(-n2c(C)cc(/C=C(\C#N)C(=O)NCCc3ccccc3)c2C)cc1. The molecule has 29 heavy (non-hydrogen) atoms. The number of benzene rings is 2. The molecule has 146 valence electrons. The number of aromatic nitrogens is 1. The summed E-state index contributed by atoms with van der Waals surface area (Å²) in [6, 6.07) is 22.3. The Labute approximate surface area is 172 Å². The largest absolute Gasteiger partial charge is 0.351 e. The molecule has 0 spiro atoms. The van der Waals surface area contributed by atoms with Crippen LogP contribution in [0.1, 0.15) is 28.1 Å². The topological polar surface area (TPSA) is 57.8 Å². The molecule has 0 aliphatic heterocycles. The van der Waals surface area contributed by atoms with Crippen LogP contribution >= 0.6 is 0 Å². The van der Waals surface area contributed by atoms with Gasteiger partial charge in [0.25, 0.3) is 5.91 Å². The number of nitriles is 1. The fourth-order valence-corrected chi connectivity index (χ4v) is 3.39. The summed E-state index contributed by atoms with van der Waals surface area (Å²) in [5, 5.41) is 12.3. The lowest BCUT2D eigenvalue weighted by molar-refractivity contribution is -0.117. The number of nitrogens with one attached hydrogen (secondary N) is 1. The first-order chi connectivity index (χ1) is 14.0. The van der Waals surface area contributed by atoms with E-state index in [0.29, 0.717) is 6.54 Å². The molecule has 0 saturated heterocycles. The minimum atomic E-state index is -0.344. The quantitative estimate of drug-likeness (QED) is 0.497. The number of hydrogen-bond acceptors (Lipinski definition) is 2. The average molecular weight is 383 g/mol. The molecule has 0 saturated carbocycles. The lowest BCUT2D eigenvalue weighted by Crippen LogP contribution is -2.26. The zero-order valence-electron chi connectivity index (χ0n) is 17.1. The molecule has 0 aliphatic carbocycles. The summed E-state index contributed by atoms with van der Waals surface area (Å²) in [6.07, 6.45) is 2.40. The Hall–Kier alpha value is -3.58. The molecule has 0 atom stereocenters. The smallest absolute Gasteiger partial charge is 0.261 e. The number of rotatable bonds is 6. The van der Waals surface area contributed by atoms with Gasteiger partial charge >= 0.3 is 0 Å². The first-order valence-electron chi connectivity index (χ1n) is 9.69. The van der Waals surface area contributed by atoms with Crippen molar-refractivity contribution in [3.05, 3.63) is 94.3 Å². The second kappa shape index (κ2) is 9.07. The fraction of sp³-hybridized carbons (Fsp3) is 0.200. The molecular weight excluding hydrogens is 358 g/mol. The third-order valence-electron chi connectivity index (χ3n) is 4.97. The molecule has 1 amide bonds. The van der Waals surface area contributed by atoms with E-state index < -0.39 is 0 Å². The van der Waals surface area contributed by atoms with Crippen LogP contribution in [-0.2, 0) is 11.2 Å². The van der Waals surface area contributed by atoms with Crippen molar-refractivity contribution < 1.29 is 4.79 Å². The Morgan fingerprint density at radius 3 is 2.41 bits per heavy atom. The highest BCUT2D eigenvalue weighted by Crippen LogP contribution is 2.23. The van der Waals surface area contributed by atoms with Crippen molar-refractivity contribution >= 4 is 12.0 Å². The van der Waals surface area contributed by atoms with Crippen LogP contribution in [0.2, 0.25) is 0 Å². The fourth-order valence-electron chi connectivity index (χ4n) is 3.39. The van der Waals surface area contributed by atoms with Crippen molar-refractivity contribution in [3.8, 4) is 11.8 Å². The summed E-state index contributed by atoms with van der Waals surface area (Å²) >= 11 is 0. The van der Waals surface area contributed by atoms with Crippen LogP contribution in [0, 0.1) is 32.1 Å². The van der Waals surface area contributed by atoms with Gasteiger partial charge in [-0.1, -0.05) is 48.0 Å². The van der Waals surface area contributed by atoms with Gasteiger partial charge in [-0.15, -0.1) is 0 Å². The van der Waals surface area contributed by atoms with E-state index >= 15 is 0 Å². The number of nitrogens with zero attached hydrogens (tertiary/aromatic N) is 2. The van der Waals surface area contributed by atoms with Crippen LogP contribution in [-0.4, -0.2) is 17.0 Å². The number of aryl methyl sites for hydroxylation is 2. The third-order valence-corrected chi connectivity index (χ3v) is 4.97. The molecule has 1 N–H and O–H groups in total. The zero-order chi connectivity index (χ0) is 20.8. The Kier molecular flexibility index (Phi) is 6.31. The van der Waals surface area contributed by atoms with Gasteiger partial charge in [0.05, 0.1) is 0 Å². The van der Waals surface area contributed by atoms with Crippen LogP contribution in [0.25, 0.3) is 11.8 Å². The van der Waals surface area contributed by atoms with Crippen molar-refractivity contribution in [2.45, 2.75) is 27.2 Å². The summed E-state index contributed by atoms with van der Waals surface area (Å²) in [6.45, 7) is 6.57. The summed E-state index contributed by atoms with van der Waals surface area (Å²) in [4.78, 5) is 12.5. The molecule has 4 nitrogen and oxygen atoms in total. The maximum absolute atomic E-state index is 12.5. The number of carbonyl (C=O) groups excluding carboxylic acids is 1. The average Bonchev–Trinajstić information content (AvgIpc) is 3.00. The minimum absolute atomic E-state index is 0.113. The van der Waals surface area contributed by atoms with Gasteiger partial charge in [-0.2, -0.15) is 5.26 Å². The Bertz CT molecular complexity index is 1070. The minimum Gasteiger partial charge on any atom is -0.351 e. The van der Waals surface area contributed by atoms with E-state index in [-0.39, 0.29) is 11.5 Å². The van der Waals surface area contributed by atoms with Crippen molar-refractivity contribution in [1.29, 1.82) is 5.26 Å². The van der Waals surface area contributed by atoms with E-state index in [9.17, 15) is 10.1 Å². The van der Waals surface area contributed by atoms with Crippen LogP contribution in [0.15, 0.2) is 66.2 Å². The Morgan fingerprint density at radius 2 is 1.76 bits per heavy atom. The third kappa shape index (κ3) is 4.83. The highest BCUT2D eigenvalue weighted by Gasteiger charge is 2.13. The highest BCUT2D eigenvalue weighted by molar-refractivity contribution is 6.01. The van der Waals surface area contributed by atoms with Crippen LogP contribution in [0.5, 0.6) is 0 Å². The van der Waals surface area contributed by atoms with Crippen molar-refractivity contribution in [3.63, 3.8) is 0 Å². The molecule has 0 aliphatic rings. The monoisotopic (exact) mass is 383 g/mol. The van der Waals surface area contributed by atoms with E-state index in [2.05, 4.69) is 41.1 Å². The van der Waals surface area contributed by atoms with E-state index in [0.717, 1.165) is 34.6 Å². The van der Waals surface area contributed by atoms with Gasteiger partial charge in [-0.05, 0) is 62.6 Å². The predicted molar refractivity (Wildman–Crippen MR) is 117 cm³/mol. The number of amides is 1. The summed E-state index contributed by atoms with van der Waals surface area (Å²) in [5.41, 5.74) is 6.46. The summed E-state index contributed by atoms with van der Waals surface area (Å²) in [7, 11) is 0. The second-order valence-electron chi connectivity index (χ2n) is 7.16. The van der Waals surface area contributed by atoms with Crippen LogP contribution in [0.3, 0.4) is 0 Å². The van der Waals surface area contributed by atoms with Crippen molar-refractivity contribution in [2.24, 2.45) is 0 Å². The van der Waals surface area contributed by atoms with Gasteiger partial charge in [-0.3, -0.25) is 4.79 Å². The van der Waals surface area contributed by atoms with Gasteiger partial charge in [0.1, 0.15) is 11.6 Å². The van der Waals surface area contributed by atoms with E-state index in [1.807, 2.05) is 56.3 Å². The molecule has 0 unspecified atom stereocenters. The zero-order valence-corrected chi connectivity index (χ0v) is 17.1. The van der Waals surface area contributed by atoms with Crippen molar-refractivity contribution in [2.75, 3.05) is 6.54 Å². The van der Waals surface area contributed by atoms with E-state index in [4.69, 9.17) is 0 Å². The molecule has 0 bridgehead atoms. The van der Waals surface area contributed by atoms with Crippen LogP contribution < -0.4 is 5.32 Å². The maximum Gasteiger partial charge on any atom is 0.261 e. The molecule has 0 radical (unpaired) electrons. The molecule has 1 heterocycles. The van der Waals surface area contributed by atoms with Gasteiger partial charge in [0.2, 0.25) is 0 Å². The lowest BCUT2D eigenvalue weighted by atomic mass is 10.1. The summed E-state index contributed by atoms with van der Waals surface area (Å²) < 4.78 is 2.13. The standard InChI is InChI=1S/C25H25N3O/c1-18-9-11-24(12-10-18)28-19(2)15-22(20(28)3)16-23(17-26)25(29)27-14-13-21-7-5-4-6-8-21/h4-12,15-16H,13-14H2,1-3H3,(H,27,29)/b23-16+. The predicted octanol–water partition coefficient (Wildman–Crippen LogP) is 4.67. The van der Waals surface area contributed by atoms with E-state index in [1.165, 1.54) is 5.56 Å². The molecule has 1 aromatic heterocycles. The molecule has 2 aromatic carbocycles. The Morgan fingerprint density at radius 1 is 1.07 bits per heavy atom. The van der Waals surface area contributed by atoms with Gasteiger partial charge < -0.3 is 9.88 Å². The van der Waals surface area contributed by atoms with Gasteiger partial charge in [-0.25, -0.2) is 0 Å². The maximum atomic E-state index is 12.5. The Balaban J connectivity index is 1.76. The van der Waals surface area contributed by atoms with E-state index in [1.54, 1.807) is 6.08 Å². The molecular formula is C25H25N3O. The summed E-state index contributed by atoms with van der Waals surface area (Å²) in [5.74, 6) is -0.344. The van der Waals surface area contributed by atoms with Gasteiger partial charge in [0.15, 0.2) is 0 Å². The molecule has 3 rings (SSSR count).